The molecule has 0 radical (unpaired) electrons. The molecule has 1 N–H and O–H groups in total. The van der Waals surface area contributed by atoms with Crippen LogP contribution in [0.15, 0.2) is 72.8 Å². The van der Waals surface area contributed by atoms with E-state index >= 15 is 0 Å². The molecule has 7 heteroatoms. The van der Waals surface area contributed by atoms with Crippen molar-refractivity contribution in [3.8, 4) is 11.5 Å². The van der Waals surface area contributed by atoms with Crippen molar-refractivity contribution in [3.63, 3.8) is 0 Å². The van der Waals surface area contributed by atoms with Crippen LogP contribution in [0.2, 0.25) is 0 Å². The summed E-state index contributed by atoms with van der Waals surface area (Å²) >= 11 is 0. The van der Waals surface area contributed by atoms with Crippen molar-refractivity contribution >= 4 is 17.5 Å². The minimum Gasteiger partial charge on any atom is -0.497 e. The molecule has 2 amide bonds. The van der Waals surface area contributed by atoms with Crippen molar-refractivity contribution in [2.45, 2.75) is 50.6 Å². The quantitative estimate of drug-likeness (QED) is 0.403. The van der Waals surface area contributed by atoms with Gasteiger partial charge in [0.2, 0.25) is 11.8 Å². The van der Waals surface area contributed by atoms with Crippen molar-refractivity contribution < 1.29 is 23.5 Å². The Balaban J connectivity index is 1.71. The van der Waals surface area contributed by atoms with Gasteiger partial charge in [0, 0.05) is 12.6 Å². The van der Waals surface area contributed by atoms with Gasteiger partial charge in [-0.25, -0.2) is 4.39 Å². The van der Waals surface area contributed by atoms with E-state index in [0.717, 1.165) is 30.4 Å². The van der Waals surface area contributed by atoms with Crippen LogP contribution in [0, 0.1) is 5.82 Å². The van der Waals surface area contributed by atoms with Crippen LogP contribution in [-0.2, 0) is 22.6 Å². The van der Waals surface area contributed by atoms with Crippen molar-refractivity contribution in [3.05, 3.63) is 89.7 Å². The number of carbonyl (C=O) groups excluding carboxylic acids is 2. The Labute approximate surface area is 217 Å². The van der Waals surface area contributed by atoms with E-state index in [1.54, 1.807) is 42.3 Å². The Kier molecular flexibility index (Phi) is 8.43. The molecule has 194 valence electrons. The molecular formula is C30H33FN2O4. The molecule has 0 spiro atoms. The van der Waals surface area contributed by atoms with Crippen LogP contribution in [0.4, 0.5) is 10.1 Å². The van der Waals surface area contributed by atoms with E-state index in [2.05, 4.69) is 5.32 Å². The Hall–Kier alpha value is -3.87. The number of nitrogens with one attached hydrogen (secondary N) is 1. The highest BCUT2D eigenvalue weighted by Gasteiger charge is 2.47. The van der Waals surface area contributed by atoms with E-state index < -0.39 is 5.54 Å². The summed E-state index contributed by atoms with van der Waals surface area (Å²) < 4.78 is 24.4. The van der Waals surface area contributed by atoms with Gasteiger partial charge in [-0.15, -0.1) is 0 Å². The van der Waals surface area contributed by atoms with Gasteiger partial charge in [-0.3, -0.25) is 9.59 Å². The second-order valence-corrected chi connectivity index (χ2v) is 9.38. The van der Waals surface area contributed by atoms with Crippen molar-refractivity contribution in [1.82, 2.24) is 4.90 Å². The predicted octanol–water partition coefficient (Wildman–Crippen LogP) is 5.76. The topological polar surface area (TPSA) is 67.9 Å². The highest BCUT2D eigenvalue weighted by Crippen LogP contribution is 2.38. The lowest BCUT2D eigenvalue weighted by atomic mass is 9.78. The summed E-state index contributed by atoms with van der Waals surface area (Å²) in [6.45, 7) is 0.207. The second kappa shape index (κ2) is 11.9. The minimum absolute atomic E-state index is 0.144. The molecule has 0 unspecified atom stereocenters. The number of methoxy groups -OCH3 is 2. The number of nitrogens with zero attached hydrogens (tertiary/aromatic N) is 1. The number of anilines is 1. The molecule has 1 aliphatic carbocycles. The van der Waals surface area contributed by atoms with Crippen LogP contribution in [-0.4, -0.2) is 36.5 Å². The van der Waals surface area contributed by atoms with Crippen LogP contribution >= 0.6 is 0 Å². The van der Waals surface area contributed by atoms with E-state index in [1.165, 1.54) is 19.2 Å². The number of hydrogen-bond acceptors (Lipinski definition) is 4. The summed E-state index contributed by atoms with van der Waals surface area (Å²) in [5.41, 5.74) is 1.10. The summed E-state index contributed by atoms with van der Waals surface area (Å²) in [4.78, 5) is 29.7. The zero-order valence-electron chi connectivity index (χ0n) is 21.3. The molecule has 1 aliphatic rings. The predicted molar refractivity (Wildman–Crippen MR) is 141 cm³/mol. The third kappa shape index (κ3) is 6.10. The highest BCUT2D eigenvalue weighted by molar-refractivity contribution is 6.01. The molecule has 37 heavy (non-hydrogen) atoms. The number of halogens is 1. The third-order valence-corrected chi connectivity index (χ3v) is 7.03. The number of hydrogen-bond donors (Lipinski definition) is 1. The Bertz CT molecular complexity index is 1210. The molecule has 0 bridgehead atoms. The molecule has 0 saturated heterocycles. The van der Waals surface area contributed by atoms with E-state index in [9.17, 15) is 14.0 Å². The fourth-order valence-electron chi connectivity index (χ4n) is 5.01. The number of amides is 2. The lowest BCUT2D eigenvalue weighted by Crippen LogP contribution is -2.60. The Morgan fingerprint density at radius 2 is 1.59 bits per heavy atom. The van der Waals surface area contributed by atoms with E-state index in [0.29, 0.717) is 30.0 Å². The molecule has 0 aromatic heterocycles. The zero-order valence-corrected chi connectivity index (χ0v) is 21.3. The first kappa shape index (κ1) is 26.2. The molecule has 6 nitrogen and oxygen atoms in total. The van der Waals surface area contributed by atoms with Gasteiger partial charge in [0.05, 0.1) is 26.3 Å². The van der Waals surface area contributed by atoms with E-state index in [4.69, 9.17) is 9.47 Å². The summed E-state index contributed by atoms with van der Waals surface area (Å²) in [6.07, 6.45) is 3.90. The molecule has 1 fully saturated rings. The lowest BCUT2D eigenvalue weighted by molar-refractivity contribution is -0.148. The number of rotatable bonds is 9. The number of benzene rings is 3. The van der Waals surface area contributed by atoms with Crippen LogP contribution in [0.3, 0.4) is 0 Å². The largest absolute Gasteiger partial charge is 0.497 e. The van der Waals surface area contributed by atoms with Gasteiger partial charge in [-0.2, -0.15) is 0 Å². The van der Waals surface area contributed by atoms with Crippen LogP contribution in [0.5, 0.6) is 11.5 Å². The fourth-order valence-corrected chi connectivity index (χ4v) is 5.01. The van der Waals surface area contributed by atoms with Crippen molar-refractivity contribution in [1.29, 1.82) is 0 Å². The van der Waals surface area contributed by atoms with Crippen LogP contribution in [0.25, 0.3) is 0 Å². The second-order valence-electron chi connectivity index (χ2n) is 9.38. The Morgan fingerprint density at radius 3 is 2.24 bits per heavy atom. The van der Waals surface area contributed by atoms with Gasteiger partial charge >= 0.3 is 0 Å². The zero-order chi connectivity index (χ0) is 26.3. The molecule has 3 aromatic rings. The average Bonchev–Trinajstić information content (AvgIpc) is 2.93. The smallest absolute Gasteiger partial charge is 0.250 e. The maximum Gasteiger partial charge on any atom is 0.250 e. The fraction of sp³-hybridized carbons (Fsp3) is 0.333. The van der Waals surface area contributed by atoms with Gasteiger partial charge in [-0.1, -0.05) is 61.7 Å². The van der Waals surface area contributed by atoms with Gasteiger partial charge in [0.25, 0.3) is 0 Å². The maximum absolute atomic E-state index is 14.1. The third-order valence-electron chi connectivity index (χ3n) is 7.03. The molecular weight excluding hydrogens is 471 g/mol. The molecule has 1 saturated carbocycles. The van der Waals surface area contributed by atoms with Gasteiger partial charge < -0.3 is 19.7 Å². The lowest BCUT2D eigenvalue weighted by Gasteiger charge is -2.45. The monoisotopic (exact) mass is 504 g/mol. The molecule has 3 aromatic carbocycles. The summed E-state index contributed by atoms with van der Waals surface area (Å²) in [5.74, 6) is 0.341. The van der Waals surface area contributed by atoms with Crippen LogP contribution in [0.1, 0.15) is 43.2 Å². The van der Waals surface area contributed by atoms with Crippen molar-refractivity contribution in [2.75, 3.05) is 19.5 Å². The van der Waals surface area contributed by atoms with Gasteiger partial charge in [0.15, 0.2) is 0 Å². The molecule has 0 heterocycles. The van der Waals surface area contributed by atoms with E-state index in [1.807, 2.05) is 30.3 Å². The first-order valence-corrected chi connectivity index (χ1v) is 12.6. The van der Waals surface area contributed by atoms with Gasteiger partial charge in [-0.05, 0) is 48.2 Å². The number of carbonyl (C=O) groups is 2. The van der Waals surface area contributed by atoms with Gasteiger partial charge in [0.1, 0.15) is 22.9 Å². The maximum atomic E-state index is 14.1. The summed E-state index contributed by atoms with van der Waals surface area (Å²) in [7, 11) is 3.10. The van der Waals surface area contributed by atoms with Crippen molar-refractivity contribution in [2.24, 2.45) is 0 Å². The SMILES string of the molecule is COc1ccc(NC(=O)C2(N(Cc3ccc(F)cc3)C(=O)Cc3ccccc3)CCCCC2)c(OC)c1. The minimum atomic E-state index is -1.05. The molecule has 0 atom stereocenters. The standard InChI is InChI=1S/C30H33FN2O4/c1-36-25-15-16-26(27(20-25)37-2)32-29(35)30(17-7-4-8-18-30)33(21-23-11-13-24(31)14-12-23)28(34)19-22-9-5-3-6-10-22/h3,5-6,9-16,20H,4,7-8,17-19,21H2,1-2H3,(H,32,35). The summed E-state index contributed by atoms with van der Waals surface area (Å²) in [5, 5.41) is 3.04. The highest BCUT2D eigenvalue weighted by atomic mass is 19.1. The first-order chi connectivity index (χ1) is 17.9. The molecule has 4 rings (SSSR count). The molecule has 0 aliphatic heterocycles. The number of ether oxygens (including phenoxy) is 2. The van der Waals surface area contributed by atoms with E-state index in [-0.39, 0.29) is 30.6 Å². The average molecular weight is 505 g/mol. The Morgan fingerprint density at radius 1 is 0.892 bits per heavy atom. The van der Waals surface area contributed by atoms with Crippen LogP contribution < -0.4 is 14.8 Å². The normalized spacial score (nSPS) is 14.5. The first-order valence-electron chi connectivity index (χ1n) is 12.6. The summed E-state index contributed by atoms with van der Waals surface area (Å²) in [6, 6.07) is 20.8.